The zero-order valence-electron chi connectivity index (χ0n) is 18.0. The quantitative estimate of drug-likeness (QED) is 0.0765. The average Bonchev–Trinajstić information content (AvgIpc) is 2.78. The van der Waals surface area contributed by atoms with E-state index in [0.717, 1.165) is 0 Å². The highest BCUT2D eigenvalue weighted by Crippen LogP contribution is 2.35. The molecule has 2 fully saturated rings. The molecule has 0 aromatic carbocycles. The van der Waals surface area contributed by atoms with Crippen LogP contribution >= 0.6 is 12.3 Å². The first kappa shape index (κ1) is 28.1. The van der Waals surface area contributed by atoms with Crippen LogP contribution in [-0.2, 0) is 42.1 Å². The lowest BCUT2D eigenvalue weighted by Crippen LogP contribution is -2.67. The topological polar surface area (TPSA) is 212 Å². The van der Waals surface area contributed by atoms with Crippen LogP contribution in [0.5, 0.6) is 0 Å². The second-order valence-corrected chi connectivity index (χ2v) is 7.92. The molecular weight excluding hydrogens is 474 g/mol. The third kappa shape index (κ3) is 6.71. The summed E-state index contributed by atoms with van der Waals surface area (Å²) in [6.45, 7) is 0.620. The Hall–Kier alpha value is -1.15. The number of aliphatic carboxylic acids is 1. The summed E-state index contributed by atoms with van der Waals surface area (Å²) in [6.07, 6.45) is -10.5. The van der Waals surface area contributed by atoms with Crippen molar-refractivity contribution in [3.8, 4) is 0 Å². The Morgan fingerprint density at radius 1 is 1.12 bits per heavy atom. The minimum absolute atomic E-state index is 0.162. The van der Waals surface area contributed by atoms with Crippen LogP contribution in [0.2, 0.25) is 0 Å². The van der Waals surface area contributed by atoms with Gasteiger partial charge in [0.1, 0.15) is 36.6 Å². The lowest BCUT2D eigenvalue weighted by atomic mass is 9.80. The molecule has 1 saturated carbocycles. The van der Waals surface area contributed by atoms with Gasteiger partial charge >= 0.3 is 5.97 Å². The van der Waals surface area contributed by atoms with Crippen molar-refractivity contribution in [3.05, 3.63) is 0 Å². The van der Waals surface area contributed by atoms with E-state index in [0.29, 0.717) is 0 Å². The fourth-order valence-corrected chi connectivity index (χ4v) is 4.43. The van der Waals surface area contributed by atoms with Gasteiger partial charge in [0.2, 0.25) is 5.91 Å². The maximum Gasteiger partial charge on any atom is 0.309 e. The van der Waals surface area contributed by atoms with Gasteiger partial charge in [0.05, 0.1) is 24.7 Å². The maximum absolute atomic E-state index is 11.8. The summed E-state index contributed by atoms with van der Waals surface area (Å²) in [5.74, 6) is -2.99. The molecule has 0 spiro atoms. The van der Waals surface area contributed by atoms with Crippen molar-refractivity contribution in [2.75, 3.05) is 20.8 Å². The van der Waals surface area contributed by atoms with E-state index < -0.39 is 79.5 Å². The predicted octanol–water partition coefficient (Wildman–Crippen LogP) is -2.18. The van der Waals surface area contributed by atoms with Crippen molar-refractivity contribution in [2.24, 2.45) is 5.92 Å². The first-order valence-corrected chi connectivity index (χ1v) is 10.5. The number of nitrogens with one attached hydrogen (secondary N) is 1. The number of methoxy groups -OCH3 is 2. The summed E-state index contributed by atoms with van der Waals surface area (Å²) in [4.78, 5) is 23.6. The number of ether oxygens (including phenoxy) is 4. The molecule has 15 nitrogen and oxygen atoms in total. The van der Waals surface area contributed by atoms with Crippen molar-refractivity contribution < 1.29 is 67.8 Å². The lowest BCUT2D eigenvalue weighted by molar-refractivity contribution is -0.435. The van der Waals surface area contributed by atoms with Crippen LogP contribution in [0.4, 0.5) is 0 Å². The molecule has 1 aliphatic carbocycles. The Bertz CT molecular complexity index is 643. The van der Waals surface area contributed by atoms with Crippen LogP contribution in [0.15, 0.2) is 0 Å². The summed E-state index contributed by atoms with van der Waals surface area (Å²) >= 11 is 0.162. The maximum atomic E-state index is 11.8. The smallest absolute Gasteiger partial charge is 0.309 e. The van der Waals surface area contributed by atoms with E-state index >= 15 is 0 Å². The lowest BCUT2D eigenvalue weighted by Gasteiger charge is -2.48. The summed E-state index contributed by atoms with van der Waals surface area (Å²) < 4.78 is 31.5. The van der Waals surface area contributed by atoms with E-state index in [1.807, 2.05) is 0 Å². The second kappa shape index (κ2) is 13.1. The zero-order valence-corrected chi connectivity index (χ0v) is 18.8. The summed E-state index contributed by atoms with van der Waals surface area (Å²) in [5.41, 5.74) is 0. The molecule has 2 aliphatic rings. The SMILES string of the molecule is CO[C@@H]1OC(CO)[C@H](OSOOO)[C@H](O[C@@H]2CC(C(=O)O)[C@H](OC)[C@H](O)C2O)C1NC(C)=O. The molecule has 0 bridgehead atoms. The molecule has 1 aliphatic heterocycles. The number of hydrogen-bond acceptors (Lipinski definition) is 14. The minimum Gasteiger partial charge on any atom is -0.481 e. The molecule has 4 unspecified atom stereocenters. The molecule has 192 valence electrons. The van der Waals surface area contributed by atoms with Gasteiger partial charge in [-0.1, -0.05) is 5.04 Å². The third-order valence-electron chi connectivity index (χ3n) is 5.51. The predicted molar refractivity (Wildman–Crippen MR) is 105 cm³/mol. The second-order valence-electron chi connectivity index (χ2n) is 7.46. The van der Waals surface area contributed by atoms with E-state index in [9.17, 15) is 30.0 Å². The molecule has 1 heterocycles. The number of amides is 1. The average molecular weight is 503 g/mol. The van der Waals surface area contributed by atoms with Crippen molar-refractivity contribution in [1.29, 1.82) is 0 Å². The molecule has 16 heteroatoms. The number of carboxylic acid groups (broad SMARTS) is 1. The normalized spacial score (nSPS) is 39.2. The summed E-state index contributed by atoms with van der Waals surface area (Å²) in [7, 11) is 2.49. The van der Waals surface area contributed by atoms with Crippen LogP contribution < -0.4 is 5.32 Å². The standard InChI is InChI=1S/C17H29NO14S/c1-6(20)18-10-15(14(30-33-32-31-25)9(5-19)29-17(10)27-3)28-8-4-7(16(23)24)13(26-2)12(22)11(8)21/h7-15,17,19,21-22,25H,4-5H2,1-3H3,(H,18,20)(H,23,24)/t7?,8-,9?,10?,11?,12-,13+,14+,15-,17-/m1/s1. The number of rotatable bonds is 11. The Morgan fingerprint density at radius 2 is 1.82 bits per heavy atom. The van der Waals surface area contributed by atoms with Gasteiger partial charge in [0.25, 0.3) is 0 Å². The molecule has 6 N–H and O–H groups in total. The van der Waals surface area contributed by atoms with Crippen molar-refractivity contribution >= 4 is 24.2 Å². The van der Waals surface area contributed by atoms with Gasteiger partial charge in [-0.2, -0.15) is 0 Å². The molecular formula is C17H29NO14S. The van der Waals surface area contributed by atoms with Gasteiger partial charge in [-0.05, 0) is 6.42 Å². The molecule has 2 rings (SSSR count). The Kier molecular flexibility index (Phi) is 11.1. The van der Waals surface area contributed by atoms with Crippen molar-refractivity contribution in [2.45, 2.75) is 68.4 Å². The highest BCUT2D eigenvalue weighted by molar-refractivity contribution is 7.89. The molecule has 1 saturated heterocycles. The van der Waals surface area contributed by atoms with Gasteiger partial charge in [-0.15, -0.1) is 4.33 Å². The molecule has 1 amide bonds. The van der Waals surface area contributed by atoms with E-state index in [1.165, 1.54) is 21.1 Å². The Morgan fingerprint density at radius 3 is 2.33 bits per heavy atom. The third-order valence-corrected chi connectivity index (χ3v) is 5.93. The fourth-order valence-electron chi connectivity index (χ4n) is 4.05. The van der Waals surface area contributed by atoms with Gasteiger partial charge in [0, 0.05) is 21.1 Å². The minimum atomic E-state index is -1.60. The number of aliphatic hydroxyl groups is 3. The van der Waals surface area contributed by atoms with Crippen LogP contribution in [0.25, 0.3) is 0 Å². The molecule has 10 atom stereocenters. The van der Waals surface area contributed by atoms with Gasteiger partial charge in [-0.25, -0.2) is 5.26 Å². The highest BCUT2D eigenvalue weighted by atomic mass is 32.2. The van der Waals surface area contributed by atoms with E-state index in [2.05, 4.69) is 14.7 Å². The number of carboxylic acids is 1. The fraction of sp³-hybridized carbons (Fsp3) is 0.882. The molecule has 0 aromatic rings. The molecule has 0 aromatic heterocycles. The zero-order chi connectivity index (χ0) is 24.7. The largest absolute Gasteiger partial charge is 0.481 e. The highest BCUT2D eigenvalue weighted by Gasteiger charge is 2.53. The van der Waals surface area contributed by atoms with E-state index in [4.69, 9.17) is 28.4 Å². The number of carbonyl (C=O) groups is 2. The number of carbonyl (C=O) groups excluding carboxylic acids is 1. The van der Waals surface area contributed by atoms with E-state index in [1.54, 1.807) is 0 Å². The van der Waals surface area contributed by atoms with Crippen LogP contribution in [0.1, 0.15) is 13.3 Å². The van der Waals surface area contributed by atoms with Gasteiger partial charge in [-0.3, -0.25) is 13.8 Å². The molecule has 0 radical (unpaired) electrons. The van der Waals surface area contributed by atoms with Crippen LogP contribution in [0.3, 0.4) is 0 Å². The summed E-state index contributed by atoms with van der Waals surface area (Å²) in [5, 5.41) is 54.8. The monoisotopic (exact) mass is 503 g/mol. The first-order chi connectivity index (χ1) is 15.7. The number of aliphatic hydroxyl groups excluding tert-OH is 3. The number of hydrogen-bond donors (Lipinski definition) is 6. The van der Waals surface area contributed by atoms with Crippen LogP contribution in [-0.4, -0.2) is 113 Å². The van der Waals surface area contributed by atoms with Gasteiger partial charge in [0.15, 0.2) is 18.6 Å². The van der Waals surface area contributed by atoms with Gasteiger partial charge < -0.3 is 44.7 Å². The van der Waals surface area contributed by atoms with Crippen molar-refractivity contribution in [1.82, 2.24) is 5.32 Å². The Labute approximate surface area is 193 Å². The Balaban J connectivity index is 2.38. The molecule has 33 heavy (non-hydrogen) atoms. The first-order valence-electron chi connectivity index (χ1n) is 9.83. The van der Waals surface area contributed by atoms with Crippen LogP contribution in [0, 0.1) is 5.92 Å². The summed E-state index contributed by atoms with van der Waals surface area (Å²) in [6, 6.07) is -1.07. The van der Waals surface area contributed by atoms with E-state index in [-0.39, 0.29) is 18.7 Å². The van der Waals surface area contributed by atoms with Crippen molar-refractivity contribution in [3.63, 3.8) is 0 Å².